The molecule has 0 aromatic heterocycles. The summed E-state index contributed by atoms with van der Waals surface area (Å²) in [6, 6.07) is 0. The van der Waals surface area contributed by atoms with Gasteiger partial charge in [0.1, 0.15) is 0 Å². The quantitative estimate of drug-likeness (QED) is 0.580. The van der Waals surface area contributed by atoms with Gasteiger partial charge in [0, 0.05) is 13.1 Å². The summed E-state index contributed by atoms with van der Waals surface area (Å²) in [4.78, 5) is 0. The lowest BCUT2D eigenvalue weighted by molar-refractivity contribution is -0.0111. The van der Waals surface area contributed by atoms with Crippen molar-refractivity contribution in [1.82, 2.24) is 5.32 Å². The highest BCUT2D eigenvalue weighted by molar-refractivity contribution is 4.94. The molecule has 1 aliphatic heterocycles. The first kappa shape index (κ1) is 9.75. The highest BCUT2D eigenvalue weighted by Gasteiger charge is 2.29. The SMILES string of the molecule is CC(C)[C@@]1(O)CC/C=C\CNC1. The summed E-state index contributed by atoms with van der Waals surface area (Å²) in [7, 11) is 0. The van der Waals surface area contributed by atoms with Crippen LogP contribution in [-0.4, -0.2) is 23.8 Å². The summed E-state index contributed by atoms with van der Waals surface area (Å²) in [5, 5.41) is 13.4. The van der Waals surface area contributed by atoms with Crippen molar-refractivity contribution in [2.45, 2.75) is 32.3 Å². The molecule has 0 aliphatic carbocycles. The van der Waals surface area contributed by atoms with Crippen molar-refractivity contribution < 1.29 is 5.11 Å². The van der Waals surface area contributed by atoms with Crippen molar-refractivity contribution in [2.24, 2.45) is 5.92 Å². The molecular formula is C10H19NO. The molecule has 0 aromatic rings. The van der Waals surface area contributed by atoms with Crippen LogP contribution in [0.4, 0.5) is 0 Å². The number of nitrogens with one attached hydrogen (secondary N) is 1. The Morgan fingerprint density at radius 2 is 2.17 bits per heavy atom. The van der Waals surface area contributed by atoms with E-state index in [0.717, 1.165) is 25.9 Å². The Balaban J connectivity index is 2.57. The van der Waals surface area contributed by atoms with E-state index in [-0.39, 0.29) is 0 Å². The lowest BCUT2D eigenvalue weighted by Crippen LogP contribution is -2.45. The van der Waals surface area contributed by atoms with E-state index in [1.807, 2.05) is 0 Å². The molecule has 12 heavy (non-hydrogen) atoms. The molecule has 2 heteroatoms. The lowest BCUT2D eigenvalue weighted by Gasteiger charge is -2.33. The zero-order valence-corrected chi connectivity index (χ0v) is 8.01. The molecule has 0 saturated heterocycles. The minimum absolute atomic E-state index is 0.330. The van der Waals surface area contributed by atoms with Gasteiger partial charge < -0.3 is 10.4 Å². The second-order valence-electron chi connectivity index (χ2n) is 3.90. The number of aliphatic hydroxyl groups is 1. The van der Waals surface area contributed by atoms with Crippen LogP contribution in [0.15, 0.2) is 12.2 Å². The molecule has 0 amide bonds. The average Bonchev–Trinajstić information content (AvgIpc) is 1.97. The number of hydrogen-bond donors (Lipinski definition) is 2. The Labute approximate surface area is 74.7 Å². The fraction of sp³-hybridized carbons (Fsp3) is 0.800. The van der Waals surface area contributed by atoms with E-state index < -0.39 is 5.60 Å². The second kappa shape index (κ2) is 4.06. The predicted octanol–water partition coefficient (Wildman–Crippen LogP) is 1.31. The van der Waals surface area contributed by atoms with Gasteiger partial charge in [-0.05, 0) is 18.8 Å². The van der Waals surface area contributed by atoms with Gasteiger partial charge >= 0.3 is 0 Å². The van der Waals surface area contributed by atoms with Crippen LogP contribution < -0.4 is 5.32 Å². The van der Waals surface area contributed by atoms with Gasteiger partial charge in [0.15, 0.2) is 0 Å². The van der Waals surface area contributed by atoms with Gasteiger partial charge in [-0.3, -0.25) is 0 Å². The topological polar surface area (TPSA) is 32.3 Å². The summed E-state index contributed by atoms with van der Waals surface area (Å²) in [5.41, 5.74) is -0.509. The maximum atomic E-state index is 10.2. The van der Waals surface area contributed by atoms with Crippen molar-refractivity contribution in [2.75, 3.05) is 13.1 Å². The van der Waals surface area contributed by atoms with E-state index in [4.69, 9.17) is 0 Å². The third-order valence-corrected chi connectivity index (χ3v) is 2.68. The van der Waals surface area contributed by atoms with Gasteiger partial charge in [0.2, 0.25) is 0 Å². The van der Waals surface area contributed by atoms with E-state index in [1.54, 1.807) is 0 Å². The van der Waals surface area contributed by atoms with Gasteiger partial charge in [0.05, 0.1) is 5.60 Å². The molecule has 1 atom stereocenters. The highest BCUT2D eigenvalue weighted by atomic mass is 16.3. The maximum Gasteiger partial charge on any atom is 0.0797 e. The van der Waals surface area contributed by atoms with Crippen molar-refractivity contribution in [3.63, 3.8) is 0 Å². The zero-order valence-electron chi connectivity index (χ0n) is 8.01. The second-order valence-corrected chi connectivity index (χ2v) is 3.90. The first-order chi connectivity index (χ1) is 5.65. The molecule has 2 nitrogen and oxygen atoms in total. The zero-order chi connectivity index (χ0) is 9.03. The number of hydrogen-bond acceptors (Lipinski definition) is 2. The summed E-state index contributed by atoms with van der Waals surface area (Å²) >= 11 is 0. The first-order valence-electron chi connectivity index (χ1n) is 4.73. The molecule has 70 valence electrons. The van der Waals surface area contributed by atoms with Crippen molar-refractivity contribution in [1.29, 1.82) is 0 Å². The molecule has 0 radical (unpaired) electrons. The molecule has 1 rings (SSSR count). The lowest BCUT2D eigenvalue weighted by atomic mass is 9.85. The van der Waals surface area contributed by atoms with E-state index in [0.29, 0.717) is 5.92 Å². The monoisotopic (exact) mass is 169 g/mol. The third kappa shape index (κ3) is 2.32. The number of allylic oxidation sites excluding steroid dienone is 1. The Bertz CT molecular complexity index is 165. The molecule has 0 spiro atoms. The Hall–Kier alpha value is -0.340. The summed E-state index contributed by atoms with van der Waals surface area (Å²) < 4.78 is 0. The molecule has 0 unspecified atom stereocenters. The molecule has 0 fully saturated rings. The predicted molar refractivity (Wildman–Crippen MR) is 51.0 cm³/mol. The van der Waals surface area contributed by atoms with Gasteiger partial charge in [0.25, 0.3) is 0 Å². The Kier molecular flexibility index (Phi) is 3.29. The summed E-state index contributed by atoms with van der Waals surface area (Å²) in [6.45, 7) is 5.75. The van der Waals surface area contributed by atoms with E-state index in [2.05, 4.69) is 31.3 Å². The van der Waals surface area contributed by atoms with Gasteiger partial charge in [-0.25, -0.2) is 0 Å². The van der Waals surface area contributed by atoms with Crippen molar-refractivity contribution in [3.05, 3.63) is 12.2 Å². The van der Waals surface area contributed by atoms with Crippen LogP contribution in [0.25, 0.3) is 0 Å². The molecule has 0 aromatic carbocycles. The molecule has 0 bridgehead atoms. The molecule has 1 heterocycles. The van der Waals surface area contributed by atoms with Crippen LogP contribution in [0.5, 0.6) is 0 Å². The molecule has 1 aliphatic rings. The highest BCUT2D eigenvalue weighted by Crippen LogP contribution is 2.23. The maximum absolute atomic E-state index is 10.2. The smallest absolute Gasteiger partial charge is 0.0797 e. The van der Waals surface area contributed by atoms with Crippen LogP contribution >= 0.6 is 0 Å². The van der Waals surface area contributed by atoms with Gasteiger partial charge in [-0.1, -0.05) is 26.0 Å². The van der Waals surface area contributed by atoms with Crippen LogP contribution in [0.2, 0.25) is 0 Å². The Morgan fingerprint density at radius 3 is 2.83 bits per heavy atom. The normalized spacial score (nSPS) is 34.3. The molecular weight excluding hydrogens is 150 g/mol. The summed E-state index contributed by atoms with van der Waals surface area (Å²) in [6.07, 6.45) is 6.13. The van der Waals surface area contributed by atoms with Crippen LogP contribution in [0, 0.1) is 5.92 Å². The summed E-state index contributed by atoms with van der Waals surface area (Å²) in [5.74, 6) is 0.330. The fourth-order valence-electron chi connectivity index (χ4n) is 1.49. The van der Waals surface area contributed by atoms with Crippen molar-refractivity contribution >= 4 is 0 Å². The third-order valence-electron chi connectivity index (χ3n) is 2.68. The van der Waals surface area contributed by atoms with Crippen molar-refractivity contribution in [3.8, 4) is 0 Å². The van der Waals surface area contributed by atoms with E-state index >= 15 is 0 Å². The fourth-order valence-corrected chi connectivity index (χ4v) is 1.49. The average molecular weight is 169 g/mol. The van der Waals surface area contributed by atoms with Gasteiger partial charge in [-0.2, -0.15) is 0 Å². The minimum Gasteiger partial charge on any atom is -0.388 e. The standard InChI is InChI=1S/C10H19NO/c1-9(2)10(12)6-4-3-5-7-11-8-10/h3,5,9,11-12H,4,6-8H2,1-2H3/b5-3-/t10-/m1/s1. The van der Waals surface area contributed by atoms with Gasteiger partial charge in [-0.15, -0.1) is 0 Å². The first-order valence-corrected chi connectivity index (χ1v) is 4.73. The number of rotatable bonds is 1. The Morgan fingerprint density at radius 1 is 1.42 bits per heavy atom. The minimum atomic E-state index is -0.509. The molecule has 0 saturated carbocycles. The van der Waals surface area contributed by atoms with Crippen LogP contribution in [0.3, 0.4) is 0 Å². The van der Waals surface area contributed by atoms with Crippen LogP contribution in [0.1, 0.15) is 26.7 Å². The largest absolute Gasteiger partial charge is 0.388 e. The van der Waals surface area contributed by atoms with E-state index in [1.165, 1.54) is 0 Å². The van der Waals surface area contributed by atoms with Crippen LogP contribution in [-0.2, 0) is 0 Å². The number of β-amino-alcohol motifs (C(OH)–C–C–N with tert-alkyl or cyclic N) is 1. The van der Waals surface area contributed by atoms with E-state index in [9.17, 15) is 5.11 Å². The molecule has 2 N–H and O–H groups in total.